The van der Waals surface area contributed by atoms with E-state index in [-0.39, 0.29) is 30.2 Å². The first-order valence-electron chi connectivity index (χ1n) is 8.83. The Morgan fingerprint density at radius 2 is 1.81 bits per heavy atom. The molecule has 27 heavy (non-hydrogen) atoms. The Morgan fingerprint density at radius 1 is 1.11 bits per heavy atom. The molecule has 6 heteroatoms. The number of ketones is 1. The van der Waals surface area contributed by atoms with Crippen LogP contribution in [-0.4, -0.2) is 30.2 Å². The van der Waals surface area contributed by atoms with Gasteiger partial charge in [0, 0.05) is 5.56 Å². The van der Waals surface area contributed by atoms with Gasteiger partial charge >= 0.3 is 0 Å². The van der Waals surface area contributed by atoms with Gasteiger partial charge < -0.3 is 10.1 Å². The number of hydrogen-bond donors (Lipinski definition) is 1. The van der Waals surface area contributed by atoms with Gasteiger partial charge in [0.2, 0.25) is 5.91 Å². The van der Waals surface area contributed by atoms with Gasteiger partial charge in [0.05, 0.1) is 11.7 Å². The summed E-state index contributed by atoms with van der Waals surface area (Å²) in [7, 11) is 0. The number of Topliss-reactive ketones (excluding diaryl/α,β-unsaturated/α-hetero) is 1. The molecule has 2 aromatic carbocycles. The Labute approximate surface area is 158 Å². The quantitative estimate of drug-likeness (QED) is 0.826. The topological polar surface area (TPSA) is 75.7 Å². The van der Waals surface area contributed by atoms with E-state index < -0.39 is 6.04 Å². The zero-order valence-corrected chi connectivity index (χ0v) is 15.6. The van der Waals surface area contributed by atoms with Crippen molar-refractivity contribution in [3.63, 3.8) is 0 Å². The van der Waals surface area contributed by atoms with Crippen LogP contribution in [0.3, 0.4) is 0 Å². The molecular weight excluding hydrogens is 344 g/mol. The Kier molecular flexibility index (Phi) is 5.26. The largest absolute Gasteiger partial charge is 0.482 e. The summed E-state index contributed by atoms with van der Waals surface area (Å²) in [6, 6.07) is 13.6. The van der Waals surface area contributed by atoms with Crippen LogP contribution in [-0.2, 0) is 9.59 Å². The van der Waals surface area contributed by atoms with Crippen molar-refractivity contribution < 1.29 is 19.1 Å². The minimum absolute atomic E-state index is 0.120. The molecule has 3 rings (SSSR count). The van der Waals surface area contributed by atoms with Crippen LogP contribution >= 0.6 is 0 Å². The first kappa shape index (κ1) is 18.6. The van der Waals surface area contributed by atoms with Crippen molar-refractivity contribution in [1.82, 2.24) is 5.32 Å². The Morgan fingerprint density at radius 3 is 2.48 bits per heavy atom. The lowest BCUT2D eigenvalue weighted by molar-refractivity contribution is -0.127. The van der Waals surface area contributed by atoms with Crippen molar-refractivity contribution in [2.75, 3.05) is 11.5 Å². The fourth-order valence-corrected chi connectivity index (χ4v) is 3.09. The molecule has 1 aliphatic heterocycles. The van der Waals surface area contributed by atoms with Crippen LogP contribution in [0.4, 0.5) is 5.69 Å². The lowest BCUT2D eigenvalue weighted by atomic mass is 10.1. The number of carbonyl (C=O) groups is 3. The normalized spacial score (nSPS) is 15.4. The molecule has 6 nitrogen and oxygen atoms in total. The standard InChI is InChI=1S/C21H22N2O4/c1-13(16-7-5-4-6-8-16)22-21(26)14(2)23-18-11-17(15(3)24)9-10-19(18)27-12-20(23)25/h4-11,13-14H,12H2,1-3H3,(H,22,26). The minimum atomic E-state index is -0.742. The summed E-state index contributed by atoms with van der Waals surface area (Å²) in [5.41, 5.74) is 1.88. The third kappa shape index (κ3) is 3.84. The molecule has 1 aliphatic rings. The first-order chi connectivity index (χ1) is 12.9. The minimum Gasteiger partial charge on any atom is -0.482 e. The van der Waals surface area contributed by atoms with Crippen LogP contribution in [0, 0.1) is 0 Å². The molecule has 2 unspecified atom stereocenters. The van der Waals surface area contributed by atoms with Gasteiger partial charge in [0.25, 0.3) is 5.91 Å². The molecule has 2 atom stereocenters. The third-order valence-corrected chi connectivity index (χ3v) is 4.67. The van der Waals surface area contributed by atoms with Gasteiger partial charge in [-0.3, -0.25) is 19.3 Å². The number of nitrogens with zero attached hydrogens (tertiary/aromatic N) is 1. The van der Waals surface area contributed by atoms with E-state index in [0.717, 1.165) is 5.56 Å². The maximum atomic E-state index is 12.8. The Bertz CT molecular complexity index is 879. The molecular formula is C21H22N2O4. The maximum absolute atomic E-state index is 12.8. The van der Waals surface area contributed by atoms with E-state index in [0.29, 0.717) is 17.0 Å². The van der Waals surface area contributed by atoms with Crippen molar-refractivity contribution in [3.05, 3.63) is 59.7 Å². The third-order valence-electron chi connectivity index (χ3n) is 4.67. The fourth-order valence-electron chi connectivity index (χ4n) is 3.09. The summed E-state index contributed by atoms with van der Waals surface area (Å²) in [5, 5.41) is 2.94. The Hall–Kier alpha value is -3.15. The van der Waals surface area contributed by atoms with Crippen molar-refractivity contribution in [3.8, 4) is 5.75 Å². The van der Waals surface area contributed by atoms with Crippen molar-refractivity contribution in [2.24, 2.45) is 0 Å². The van der Waals surface area contributed by atoms with E-state index in [2.05, 4.69) is 5.32 Å². The molecule has 0 bridgehead atoms. The lowest BCUT2D eigenvalue weighted by Crippen LogP contribution is -2.51. The summed E-state index contributed by atoms with van der Waals surface area (Å²) in [6.45, 7) is 4.87. The molecule has 1 heterocycles. The Balaban J connectivity index is 1.84. The van der Waals surface area contributed by atoms with Crippen molar-refractivity contribution in [1.29, 1.82) is 0 Å². The van der Waals surface area contributed by atoms with Crippen LogP contribution < -0.4 is 15.0 Å². The molecule has 0 spiro atoms. The van der Waals surface area contributed by atoms with Gasteiger partial charge in [0.15, 0.2) is 12.4 Å². The van der Waals surface area contributed by atoms with E-state index in [1.54, 1.807) is 25.1 Å². The van der Waals surface area contributed by atoms with Crippen LogP contribution in [0.15, 0.2) is 48.5 Å². The number of amides is 2. The molecule has 0 fully saturated rings. The summed E-state index contributed by atoms with van der Waals surface area (Å²) < 4.78 is 5.45. The van der Waals surface area contributed by atoms with Crippen LogP contribution in [0.2, 0.25) is 0 Å². The molecule has 0 aliphatic carbocycles. The molecule has 0 saturated heterocycles. The van der Waals surface area contributed by atoms with Crippen LogP contribution in [0.25, 0.3) is 0 Å². The van der Waals surface area contributed by atoms with Gasteiger partial charge in [-0.15, -0.1) is 0 Å². The monoisotopic (exact) mass is 366 g/mol. The van der Waals surface area contributed by atoms with Gasteiger partial charge in [0.1, 0.15) is 11.8 Å². The van der Waals surface area contributed by atoms with Crippen LogP contribution in [0.5, 0.6) is 5.75 Å². The summed E-state index contributed by atoms with van der Waals surface area (Å²) >= 11 is 0. The number of rotatable bonds is 5. The van der Waals surface area contributed by atoms with E-state index in [4.69, 9.17) is 4.74 Å². The smallest absolute Gasteiger partial charge is 0.265 e. The van der Waals surface area contributed by atoms with Gasteiger partial charge in [-0.1, -0.05) is 30.3 Å². The molecule has 0 aromatic heterocycles. The number of benzene rings is 2. The van der Waals surface area contributed by atoms with Gasteiger partial charge in [-0.25, -0.2) is 0 Å². The number of anilines is 1. The average molecular weight is 366 g/mol. The summed E-state index contributed by atoms with van der Waals surface area (Å²) in [6.07, 6.45) is 0. The van der Waals surface area contributed by atoms with E-state index in [9.17, 15) is 14.4 Å². The zero-order chi connectivity index (χ0) is 19.6. The predicted molar refractivity (Wildman–Crippen MR) is 102 cm³/mol. The average Bonchev–Trinajstić information content (AvgIpc) is 2.67. The first-order valence-corrected chi connectivity index (χ1v) is 8.83. The van der Waals surface area contributed by atoms with E-state index in [1.807, 2.05) is 37.3 Å². The number of ether oxygens (including phenoxy) is 1. The molecule has 0 saturated carbocycles. The highest BCUT2D eigenvalue weighted by Crippen LogP contribution is 2.34. The fraction of sp³-hybridized carbons (Fsp3) is 0.286. The van der Waals surface area contributed by atoms with Crippen LogP contribution in [0.1, 0.15) is 42.7 Å². The number of carbonyl (C=O) groups excluding carboxylic acids is 3. The zero-order valence-electron chi connectivity index (χ0n) is 15.6. The number of fused-ring (bicyclic) bond motifs is 1. The van der Waals surface area contributed by atoms with E-state index in [1.165, 1.54) is 11.8 Å². The lowest BCUT2D eigenvalue weighted by Gasteiger charge is -2.34. The van der Waals surface area contributed by atoms with Gasteiger partial charge in [-0.2, -0.15) is 0 Å². The highest BCUT2D eigenvalue weighted by atomic mass is 16.5. The van der Waals surface area contributed by atoms with Crippen molar-refractivity contribution in [2.45, 2.75) is 32.9 Å². The highest BCUT2D eigenvalue weighted by Gasteiger charge is 2.34. The summed E-state index contributed by atoms with van der Waals surface area (Å²) in [5.74, 6) is -0.236. The second-order valence-corrected chi connectivity index (χ2v) is 6.61. The predicted octanol–water partition coefficient (Wildman–Crippen LogP) is 2.88. The molecule has 140 valence electrons. The van der Waals surface area contributed by atoms with E-state index >= 15 is 0 Å². The maximum Gasteiger partial charge on any atom is 0.265 e. The number of hydrogen-bond acceptors (Lipinski definition) is 4. The SMILES string of the molecule is CC(=O)c1ccc2c(c1)N(C(C)C(=O)NC(C)c1ccccc1)C(=O)CO2. The molecule has 0 radical (unpaired) electrons. The molecule has 2 aromatic rings. The highest BCUT2D eigenvalue weighted by molar-refractivity contribution is 6.05. The second kappa shape index (κ2) is 7.61. The molecule has 2 amide bonds. The molecule has 1 N–H and O–H groups in total. The second-order valence-electron chi connectivity index (χ2n) is 6.61. The van der Waals surface area contributed by atoms with Crippen molar-refractivity contribution >= 4 is 23.3 Å². The summed E-state index contributed by atoms with van der Waals surface area (Å²) in [4.78, 5) is 38.4. The number of nitrogens with one attached hydrogen (secondary N) is 1. The van der Waals surface area contributed by atoms with Gasteiger partial charge in [-0.05, 0) is 44.5 Å².